The third-order valence-corrected chi connectivity index (χ3v) is 5.03. The van der Waals surface area contributed by atoms with Crippen molar-refractivity contribution in [1.29, 1.82) is 0 Å². The predicted octanol–water partition coefficient (Wildman–Crippen LogP) is 4.51. The number of amides is 1. The number of likely N-dealkylation sites (tertiary alicyclic amines) is 1. The van der Waals surface area contributed by atoms with Gasteiger partial charge in [-0.25, -0.2) is 9.78 Å². The summed E-state index contributed by atoms with van der Waals surface area (Å²) >= 11 is 0. The molecule has 166 valence electrons. The average molecular weight is 435 g/mol. The van der Waals surface area contributed by atoms with Gasteiger partial charge < -0.3 is 15.0 Å². The van der Waals surface area contributed by atoms with Crippen molar-refractivity contribution in [3.05, 3.63) is 53.7 Å². The van der Waals surface area contributed by atoms with Crippen LogP contribution in [-0.2, 0) is 15.7 Å². The third kappa shape index (κ3) is 5.96. The van der Waals surface area contributed by atoms with Crippen molar-refractivity contribution in [2.45, 2.75) is 26.4 Å². The lowest BCUT2D eigenvalue weighted by Gasteiger charge is -2.34. The van der Waals surface area contributed by atoms with Crippen molar-refractivity contribution in [1.82, 2.24) is 9.88 Å². The number of piperidine rings is 1. The van der Waals surface area contributed by atoms with E-state index in [1.807, 2.05) is 0 Å². The number of esters is 1. The fraction of sp³-hybridized carbons (Fsp3) is 0.409. The number of rotatable bonds is 5. The molecule has 9 heteroatoms. The van der Waals surface area contributed by atoms with Gasteiger partial charge >= 0.3 is 12.1 Å². The van der Waals surface area contributed by atoms with Crippen LogP contribution in [0.25, 0.3) is 0 Å². The molecule has 1 amide bonds. The predicted molar refractivity (Wildman–Crippen MR) is 109 cm³/mol. The van der Waals surface area contributed by atoms with E-state index in [9.17, 15) is 22.8 Å². The van der Waals surface area contributed by atoms with E-state index in [1.54, 1.807) is 4.90 Å². The van der Waals surface area contributed by atoms with Crippen molar-refractivity contribution in [3.63, 3.8) is 0 Å². The summed E-state index contributed by atoms with van der Waals surface area (Å²) in [6, 6.07) is 7.50. The lowest BCUT2D eigenvalue weighted by molar-refractivity contribution is -0.138. The molecule has 2 heterocycles. The molecular formula is C22H24F3N3O3. The van der Waals surface area contributed by atoms with Gasteiger partial charge in [-0.2, -0.15) is 13.2 Å². The molecule has 6 nitrogen and oxygen atoms in total. The zero-order valence-corrected chi connectivity index (χ0v) is 17.3. The summed E-state index contributed by atoms with van der Waals surface area (Å²) < 4.78 is 44.0. The van der Waals surface area contributed by atoms with E-state index >= 15 is 0 Å². The Balaban J connectivity index is 1.67. The van der Waals surface area contributed by atoms with Gasteiger partial charge in [0, 0.05) is 25.0 Å². The minimum Gasteiger partial charge on any atom is -0.452 e. The van der Waals surface area contributed by atoms with Crippen LogP contribution in [-0.4, -0.2) is 41.5 Å². The van der Waals surface area contributed by atoms with Gasteiger partial charge in [-0.3, -0.25) is 4.79 Å². The van der Waals surface area contributed by atoms with E-state index in [1.165, 1.54) is 30.5 Å². The van der Waals surface area contributed by atoms with Crippen LogP contribution in [0.3, 0.4) is 0 Å². The molecule has 0 bridgehead atoms. The number of carbonyl (C=O) groups is 2. The first-order valence-electron chi connectivity index (χ1n) is 9.97. The van der Waals surface area contributed by atoms with E-state index < -0.39 is 24.3 Å². The van der Waals surface area contributed by atoms with Crippen LogP contribution >= 0.6 is 0 Å². The van der Waals surface area contributed by atoms with Crippen LogP contribution in [0.15, 0.2) is 42.6 Å². The lowest BCUT2D eigenvalue weighted by Crippen LogP contribution is -2.44. The standard InChI is InChI=1S/C22H24F3N3O3/c1-14-9-15(2)12-28(11-14)19(29)13-31-21(30)18-7-4-8-26-20(18)27-17-6-3-5-16(10-17)22(23,24)25/h3-8,10,14-15H,9,11-13H2,1-2H3,(H,26,27)/t14-,15-/m1/s1. The lowest BCUT2D eigenvalue weighted by atomic mass is 9.92. The first-order valence-corrected chi connectivity index (χ1v) is 9.97. The first kappa shape index (κ1) is 22.6. The van der Waals surface area contributed by atoms with E-state index in [2.05, 4.69) is 24.1 Å². The number of hydrogen-bond acceptors (Lipinski definition) is 5. The molecule has 1 aliphatic rings. The normalized spacial score (nSPS) is 19.1. The smallest absolute Gasteiger partial charge is 0.416 e. The van der Waals surface area contributed by atoms with Crippen molar-refractivity contribution >= 4 is 23.4 Å². The van der Waals surface area contributed by atoms with Crippen molar-refractivity contribution < 1.29 is 27.5 Å². The Labute approximate surface area is 178 Å². The van der Waals surface area contributed by atoms with E-state index in [-0.39, 0.29) is 23.0 Å². The summed E-state index contributed by atoms with van der Waals surface area (Å²) in [6.45, 7) is 4.98. The Morgan fingerprint density at radius 1 is 1.16 bits per heavy atom. The Hall–Kier alpha value is -3.10. The molecule has 3 rings (SSSR count). The van der Waals surface area contributed by atoms with Gasteiger partial charge in [-0.1, -0.05) is 19.9 Å². The zero-order valence-electron chi connectivity index (χ0n) is 17.3. The monoisotopic (exact) mass is 435 g/mol. The maximum atomic E-state index is 12.9. The summed E-state index contributed by atoms with van der Waals surface area (Å²) in [4.78, 5) is 30.7. The molecule has 1 saturated heterocycles. The van der Waals surface area contributed by atoms with Crippen LogP contribution in [0.5, 0.6) is 0 Å². The number of carbonyl (C=O) groups excluding carboxylic acids is 2. The highest BCUT2D eigenvalue weighted by Gasteiger charge is 2.30. The second-order valence-electron chi connectivity index (χ2n) is 7.92. The molecule has 1 N–H and O–H groups in total. The van der Waals surface area contributed by atoms with Crippen molar-refractivity contribution in [3.8, 4) is 0 Å². The van der Waals surface area contributed by atoms with Crippen LogP contribution in [0.1, 0.15) is 36.2 Å². The molecule has 1 aliphatic heterocycles. The Bertz CT molecular complexity index is 939. The largest absolute Gasteiger partial charge is 0.452 e. The maximum absolute atomic E-state index is 12.9. The number of aromatic nitrogens is 1. The van der Waals surface area contributed by atoms with Crippen LogP contribution < -0.4 is 5.32 Å². The number of benzene rings is 1. The molecule has 0 spiro atoms. The second kappa shape index (κ2) is 9.36. The number of hydrogen-bond donors (Lipinski definition) is 1. The molecule has 0 radical (unpaired) electrons. The number of anilines is 2. The quantitative estimate of drug-likeness (QED) is 0.700. The Kier molecular flexibility index (Phi) is 6.82. The third-order valence-electron chi connectivity index (χ3n) is 5.03. The van der Waals surface area contributed by atoms with E-state index in [0.717, 1.165) is 18.6 Å². The van der Waals surface area contributed by atoms with Gasteiger partial charge in [0.1, 0.15) is 11.4 Å². The molecule has 31 heavy (non-hydrogen) atoms. The van der Waals surface area contributed by atoms with Crippen molar-refractivity contribution in [2.24, 2.45) is 11.8 Å². The summed E-state index contributed by atoms with van der Waals surface area (Å²) in [7, 11) is 0. The first-order chi connectivity index (χ1) is 14.6. The molecule has 2 atom stereocenters. The number of nitrogens with one attached hydrogen (secondary N) is 1. The van der Waals surface area contributed by atoms with Gasteiger partial charge in [0.05, 0.1) is 5.56 Å². The molecule has 1 aromatic heterocycles. The molecule has 1 aromatic carbocycles. The van der Waals surface area contributed by atoms with E-state index in [4.69, 9.17) is 4.74 Å². The summed E-state index contributed by atoms with van der Waals surface area (Å²) in [5, 5.41) is 2.72. The van der Waals surface area contributed by atoms with Gasteiger partial charge in [-0.05, 0) is 48.6 Å². The minimum atomic E-state index is -4.49. The SMILES string of the molecule is C[C@@H]1C[C@@H](C)CN(C(=O)COC(=O)c2cccnc2Nc2cccc(C(F)(F)F)c2)C1. The number of pyridine rings is 1. The topological polar surface area (TPSA) is 71.5 Å². The van der Waals surface area contributed by atoms with Gasteiger partial charge in [0.25, 0.3) is 5.91 Å². The average Bonchev–Trinajstić information content (AvgIpc) is 2.71. The highest BCUT2D eigenvalue weighted by Crippen LogP contribution is 2.31. The van der Waals surface area contributed by atoms with Crippen LogP contribution in [0, 0.1) is 11.8 Å². The Morgan fingerprint density at radius 3 is 2.55 bits per heavy atom. The molecule has 1 fully saturated rings. The summed E-state index contributed by atoms with van der Waals surface area (Å²) in [6.07, 6.45) is -2.05. The fourth-order valence-electron chi connectivity index (χ4n) is 3.74. The van der Waals surface area contributed by atoms with Gasteiger partial charge in [0.2, 0.25) is 0 Å². The molecule has 0 unspecified atom stereocenters. The molecule has 0 aliphatic carbocycles. The zero-order chi connectivity index (χ0) is 22.6. The second-order valence-corrected chi connectivity index (χ2v) is 7.92. The highest BCUT2D eigenvalue weighted by molar-refractivity contribution is 5.96. The van der Waals surface area contributed by atoms with Crippen molar-refractivity contribution in [2.75, 3.05) is 25.0 Å². The van der Waals surface area contributed by atoms with Gasteiger partial charge in [-0.15, -0.1) is 0 Å². The van der Waals surface area contributed by atoms with Gasteiger partial charge in [0.15, 0.2) is 6.61 Å². The summed E-state index contributed by atoms with van der Waals surface area (Å²) in [5.74, 6) is -0.258. The minimum absolute atomic E-state index is 0.0214. The molecule has 2 aromatic rings. The Morgan fingerprint density at radius 2 is 1.87 bits per heavy atom. The number of ether oxygens (including phenoxy) is 1. The highest BCUT2D eigenvalue weighted by atomic mass is 19.4. The molecule has 0 saturated carbocycles. The summed E-state index contributed by atoms with van der Waals surface area (Å²) in [5.41, 5.74) is -0.684. The van der Waals surface area contributed by atoms with Crippen LogP contribution in [0.2, 0.25) is 0 Å². The maximum Gasteiger partial charge on any atom is 0.416 e. The molecular weight excluding hydrogens is 411 g/mol. The van der Waals surface area contributed by atoms with Crippen LogP contribution in [0.4, 0.5) is 24.7 Å². The number of nitrogens with zero attached hydrogens (tertiary/aromatic N) is 2. The fourth-order valence-corrected chi connectivity index (χ4v) is 3.74. The number of alkyl halides is 3. The van der Waals surface area contributed by atoms with E-state index in [0.29, 0.717) is 24.9 Å². The number of halogens is 3.